The van der Waals surface area contributed by atoms with Crippen molar-refractivity contribution in [2.75, 3.05) is 5.75 Å². The Labute approximate surface area is 143 Å². The summed E-state index contributed by atoms with van der Waals surface area (Å²) in [5.74, 6) is -0.557. The summed E-state index contributed by atoms with van der Waals surface area (Å²) in [7, 11) is 1.47. The second kappa shape index (κ2) is 6.61. The van der Waals surface area contributed by atoms with Crippen molar-refractivity contribution in [2.45, 2.75) is 31.2 Å². The molecule has 0 fully saturated rings. The molecule has 1 atom stereocenters. The fourth-order valence-corrected chi connectivity index (χ4v) is 3.67. The lowest BCUT2D eigenvalue weighted by atomic mass is 9.87. The molecule has 1 unspecified atom stereocenters. The lowest BCUT2D eigenvalue weighted by Crippen LogP contribution is -2.37. The fraction of sp³-hybridized carbons (Fsp3) is 0.438. The molecule has 7 nitrogen and oxygen atoms in total. The maximum Gasteiger partial charge on any atom is 0.300 e. The van der Waals surface area contributed by atoms with Crippen LogP contribution in [0.15, 0.2) is 15.6 Å². The summed E-state index contributed by atoms with van der Waals surface area (Å²) in [6.45, 7) is 2.19. The molecule has 0 aromatic carbocycles. The van der Waals surface area contributed by atoms with Crippen LogP contribution in [0.2, 0.25) is 0 Å². The summed E-state index contributed by atoms with van der Waals surface area (Å²) in [6.07, 6.45) is 2.89. The number of aryl methyl sites for hydroxylation is 2. The molecule has 2 aromatic rings. The van der Waals surface area contributed by atoms with Gasteiger partial charge < -0.3 is 9.63 Å². The van der Waals surface area contributed by atoms with Crippen molar-refractivity contribution in [2.24, 2.45) is 13.0 Å². The quantitative estimate of drug-likeness (QED) is 0.461. The van der Waals surface area contributed by atoms with Crippen LogP contribution in [0.5, 0.6) is 5.95 Å². The van der Waals surface area contributed by atoms with Crippen LogP contribution in [-0.2, 0) is 19.9 Å². The van der Waals surface area contributed by atoms with Gasteiger partial charge in [-0.05, 0) is 36.8 Å². The molecule has 8 heteroatoms. The molecule has 3 rings (SSSR count). The van der Waals surface area contributed by atoms with Crippen molar-refractivity contribution in [1.29, 1.82) is 5.26 Å². The van der Waals surface area contributed by atoms with E-state index in [9.17, 15) is 15.2 Å². The molecule has 0 saturated carbocycles. The second-order valence-electron chi connectivity index (χ2n) is 5.95. The van der Waals surface area contributed by atoms with E-state index in [2.05, 4.69) is 27.8 Å². The van der Waals surface area contributed by atoms with Gasteiger partial charge in [0.2, 0.25) is 5.78 Å². The van der Waals surface area contributed by atoms with Crippen LogP contribution in [0.4, 0.5) is 0 Å². The first-order valence-corrected chi connectivity index (χ1v) is 8.60. The standard InChI is InChI=1S/C16H16N4O3S/c1-9-3-4-12-10(5-9)6-11(7-17)15(18-12)24-8-13(21)14-16(22)23-19-20(14)2/h6,9H,3-5,8H2,1-2H3. The van der Waals surface area contributed by atoms with Crippen LogP contribution in [0.3, 0.4) is 0 Å². The number of thioether (sulfide) groups is 1. The number of carbonyl (C=O) groups is 1. The summed E-state index contributed by atoms with van der Waals surface area (Å²) < 4.78 is 5.58. The number of nitriles is 1. The molecule has 1 aliphatic rings. The van der Waals surface area contributed by atoms with E-state index in [1.807, 2.05) is 6.07 Å². The predicted octanol–water partition coefficient (Wildman–Crippen LogP) is 0.939. The minimum Gasteiger partial charge on any atom is -0.539 e. The number of pyridine rings is 1. The number of ketones is 1. The molecule has 0 radical (unpaired) electrons. The lowest BCUT2D eigenvalue weighted by molar-refractivity contribution is -0.741. The van der Waals surface area contributed by atoms with Crippen molar-refractivity contribution < 1.29 is 19.1 Å². The highest BCUT2D eigenvalue weighted by Crippen LogP contribution is 2.29. The predicted molar refractivity (Wildman–Crippen MR) is 82.3 cm³/mol. The summed E-state index contributed by atoms with van der Waals surface area (Å²) in [6, 6.07) is 4.03. The molecule has 0 saturated heterocycles. The Kier molecular flexibility index (Phi) is 4.53. The van der Waals surface area contributed by atoms with Crippen LogP contribution < -0.4 is 9.79 Å². The van der Waals surface area contributed by atoms with Gasteiger partial charge in [-0.25, -0.2) is 4.98 Å². The fourth-order valence-electron chi connectivity index (χ4n) is 2.83. The third kappa shape index (κ3) is 3.12. The maximum absolute atomic E-state index is 12.2. The van der Waals surface area contributed by atoms with Crippen LogP contribution >= 0.6 is 11.8 Å². The van der Waals surface area contributed by atoms with E-state index in [0.29, 0.717) is 16.5 Å². The van der Waals surface area contributed by atoms with Crippen molar-refractivity contribution in [3.8, 4) is 12.0 Å². The van der Waals surface area contributed by atoms with Gasteiger partial charge in [0.25, 0.3) is 5.69 Å². The normalized spacial score (nSPS) is 16.5. The van der Waals surface area contributed by atoms with E-state index in [0.717, 1.165) is 47.0 Å². The Morgan fingerprint density at radius 1 is 1.62 bits per heavy atom. The largest absolute Gasteiger partial charge is 0.539 e. The van der Waals surface area contributed by atoms with E-state index in [1.54, 1.807) is 0 Å². The van der Waals surface area contributed by atoms with Crippen molar-refractivity contribution in [3.63, 3.8) is 0 Å². The monoisotopic (exact) mass is 344 g/mol. The van der Waals surface area contributed by atoms with Crippen LogP contribution in [-0.4, -0.2) is 21.8 Å². The third-order valence-electron chi connectivity index (χ3n) is 4.09. The zero-order valence-corrected chi connectivity index (χ0v) is 14.2. The van der Waals surface area contributed by atoms with Crippen molar-refractivity contribution >= 4 is 17.5 Å². The van der Waals surface area contributed by atoms with E-state index in [4.69, 9.17) is 0 Å². The van der Waals surface area contributed by atoms with Gasteiger partial charge in [-0.2, -0.15) is 5.26 Å². The molecule has 2 aromatic heterocycles. The first kappa shape index (κ1) is 16.5. The Morgan fingerprint density at radius 2 is 2.42 bits per heavy atom. The maximum atomic E-state index is 12.2. The van der Waals surface area contributed by atoms with Crippen LogP contribution in [0.1, 0.15) is 40.7 Å². The van der Waals surface area contributed by atoms with Crippen LogP contribution in [0.25, 0.3) is 0 Å². The molecule has 0 N–H and O–H groups in total. The molecule has 1 aliphatic carbocycles. The SMILES string of the molecule is CC1CCc2nc(SCC(=O)c3c([O-])on[n+]3C)c(C#N)cc2C1. The van der Waals surface area contributed by atoms with Gasteiger partial charge in [0.15, 0.2) is 13.0 Å². The van der Waals surface area contributed by atoms with E-state index in [-0.39, 0.29) is 11.4 Å². The van der Waals surface area contributed by atoms with Gasteiger partial charge in [0.1, 0.15) is 11.1 Å². The molecule has 2 heterocycles. The Hall–Kier alpha value is -2.40. The Balaban J connectivity index is 1.80. The number of hydrogen-bond donors (Lipinski definition) is 0. The summed E-state index contributed by atoms with van der Waals surface area (Å²) in [5.41, 5.74) is 2.49. The summed E-state index contributed by atoms with van der Waals surface area (Å²) >= 11 is 1.16. The molecular formula is C16H16N4O3S. The molecule has 124 valence electrons. The van der Waals surface area contributed by atoms with Gasteiger partial charge in [-0.3, -0.25) is 4.79 Å². The van der Waals surface area contributed by atoms with Gasteiger partial charge in [0.05, 0.1) is 16.6 Å². The molecule has 0 bridgehead atoms. The molecule has 24 heavy (non-hydrogen) atoms. The van der Waals surface area contributed by atoms with Crippen molar-refractivity contribution in [1.82, 2.24) is 10.3 Å². The van der Waals surface area contributed by atoms with Gasteiger partial charge >= 0.3 is 0 Å². The number of hydrogen-bond acceptors (Lipinski definition) is 7. The first-order valence-electron chi connectivity index (χ1n) is 7.61. The molecule has 0 amide bonds. The zero-order chi connectivity index (χ0) is 17.3. The summed E-state index contributed by atoms with van der Waals surface area (Å²) in [5, 5.41) is 24.8. The number of aromatic nitrogens is 3. The lowest BCUT2D eigenvalue weighted by Gasteiger charge is -2.21. The minimum absolute atomic E-state index is 0.00115. The van der Waals surface area contributed by atoms with E-state index < -0.39 is 11.7 Å². The number of carbonyl (C=O) groups excluding carboxylic acids is 1. The van der Waals surface area contributed by atoms with E-state index >= 15 is 0 Å². The summed E-state index contributed by atoms with van der Waals surface area (Å²) in [4.78, 5) is 16.8. The number of fused-ring (bicyclic) bond motifs is 1. The average molecular weight is 344 g/mol. The van der Waals surface area contributed by atoms with Crippen LogP contribution in [0, 0.1) is 17.2 Å². The highest BCUT2D eigenvalue weighted by molar-refractivity contribution is 8.00. The zero-order valence-electron chi connectivity index (χ0n) is 13.4. The number of Topliss-reactive ketones (excluding diaryl/α,β-unsaturated/α-hetero) is 1. The number of rotatable bonds is 4. The van der Waals surface area contributed by atoms with Gasteiger partial charge in [-0.1, -0.05) is 23.4 Å². The Bertz CT molecular complexity index is 821. The van der Waals surface area contributed by atoms with Gasteiger partial charge in [0, 0.05) is 5.69 Å². The van der Waals surface area contributed by atoms with Crippen molar-refractivity contribution in [3.05, 3.63) is 28.6 Å². The highest BCUT2D eigenvalue weighted by atomic mass is 32.2. The van der Waals surface area contributed by atoms with Gasteiger partial charge in [-0.15, -0.1) is 0 Å². The highest BCUT2D eigenvalue weighted by Gasteiger charge is 2.24. The topological polar surface area (TPSA) is 107 Å². The number of nitrogens with zero attached hydrogens (tertiary/aromatic N) is 4. The average Bonchev–Trinajstić information content (AvgIpc) is 2.90. The second-order valence-corrected chi connectivity index (χ2v) is 6.92. The smallest absolute Gasteiger partial charge is 0.300 e. The first-order chi connectivity index (χ1) is 11.5. The molecular weight excluding hydrogens is 328 g/mol. The van der Waals surface area contributed by atoms with E-state index in [1.165, 1.54) is 7.05 Å². The Morgan fingerprint density at radius 3 is 3.08 bits per heavy atom. The molecule has 0 aliphatic heterocycles. The molecule has 0 spiro atoms. The minimum atomic E-state index is -0.754. The third-order valence-corrected chi connectivity index (χ3v) is 5.08.